The first kappa shape index (κ1) is 19.7. The fraction of sp³-hybridized carbons (Fsp3) is 0.615. The number of nitrogens with zero attached hydrogens (tertiary/aromatic N) is 1. The van der Waals surface area contributed by atoms with E-state index in [2.05, 4.69) is 14.4 Å². The molecule has 6 nitrogen and oxygen atoms in total. The predicted octanol–water partition coefficient (Wildman–Crippen LogP) is 1.82. The Bertz CT molecular complexity index is 591. The monoisotopic (exact) mass is 355 g/mol. The lowest BCUT2D eigenvalue weighted by atomic mass is 9.95. The number of sulfonamides is 1. The maximum atomic E-state index is 12.3. The molecule has 23 heavy (non-hydrogen) atoms. The van der Waals surface area contributed by atoms with E-state index in [1.807, 2.05) is 13.8 Å². The van der Waals surface area contributed by atoms with E-state index in [1.165, 1.54) is 0 Å². The van der Waals surface area contributed by atoms with Crippen LogP contribution in [0.5, 0.6) is 5.88 Å². The second kappa shape index (κ2) is 7.45. The van der Waals surface area contributed by atoms with Crippen LogP contribution in [-0.4, -0.2) is 38.3 Å². The summed E-state index contributed by atoms with van der Waals surface area (Å²) in [5, 5.41) is 0. The van der Waals surface area contributed by atoms with Crippen molar-refractivity contribution < 1.29 is 26.3 Å². The summed E-state index contributed by atoms with van der Waals surface area (Å²) in [7, 11) is -3.88. The molecule has 10 heteroatoms. The van der Waals surface area contributed by atoms with Crippen molar-refractivity contribution >= 4 is 10.0 Å². The SMILES string of the molecule is CCC(CC)(CN)NS(=O)(=O)c1ccc(OCC(F)(F)F)nc1. The van der Waals surface area contributed by atoms with E-state index in [0.717, 1.165) is 18.3 Å². The average molecular weight is 355 g/mol. The average Bonchev–Trinajstić information content (AvgIpc) is 2.50. The van der Waals surface area contributed by atoms with Crippen LogP contribution in [-0.2, 0) is 10.0 Å². The standard InChI is InChI=1S/C13H20F3N3O3S/c1-3-12(4-2,8-17)19-23(20,21)10-5-6-11(18-7-10)22-9-13(14,15)16/h5-7,19H,3-4,8-9,17H2,1-2H3. The van der Waals surface area contributed by atoms with Crippen LogP contribution in [0, 0.1) is 0 Å². The van der Waals surface area contributed by atoms with Crippen molar-refractivity contribution in [3.8, 4) is 5.88 Å². The fourth-order valence-corrected chi connectivity index (χ4v) is 3.33. The Labute approximate surface area is 133 Å². The zero-order valence-corrected chi connectivity index (χ0v) is 13.7. The summed E-state index contributed by atoms with van der Waals surface area (Å²) in [4.78, 5) is 3.41. The van der Waals surface area contributed by atoms with Gasteiger partial charge in [-0.2, -0.15) is 13.2 Å². The molecule has 132 valence electrons. The second-order valence-corrected chi connectivity index (χ2v) is 6.72. The molecule has 1 aromatic heterocycles. The van der Waals surface area contributed by atoms with E-state index < -0.39 is 28.3 Å². The van der Waals surface area contributed by atoms with Crippen LogP contribution in [0.4, 0.5) is 13.2 Å². The number of aromatic nitrogens is 1. The third-order valence-electron chi connectivity index (χ3n) is 3.50. The number of nitrogens with two attached hydrogens (primary N) is 1. The highest BCUT2D eigenvalue weighted by Crippen LogP contribution is 2.20. The van der Waals surface area contributed by atoms with Gasteiger partial charge in [0.2, 0.25) is 15.9 Å². The molecule has 1 rings (SSSR count). The van der Waals surface area contributed by atoms with Crippen LogP contribution in [0.2, 0.25) is 0 Å². The largest absolute Gasteiger partial charge is 0.468 e. The van der Waals surface area contributed by atoms with Crippen LogP contribution in [0.15, 0.2) is 23.2 Å². The third-order valence-corrected chi connectivity index (χ3v) is 5.06. The number of alkyl halides is 3. The lowest BCUT2D eigenvalue weighted by molar-refractivity contribution is -0.154. The molecule has 0 spiro atoms. The van der Waals surface area contributed by atoms with E-state index in [-0.39, 0.29) is 17.3 Å². The van der Waals surface area contributed by atoms with Gasteiger partial charge in [0.05, 0.1) is 6.20 Å². The molecule has 0 saturated heterocycles. The molecule has 0 aliphatic heterocycles. The van der Waals surface area contributed by atoms with Gasteiger partial charge in [-0.15, -0.1) is 0 Å². The predicted molar refractivity (Wildman–Crippen MR) is 78.5 cm³/mol. The van der Waals surface area contributed by atoms with Crippen molar-refractivity contribution in [3.63, 3.8) is 0 Å². The Morgan fingerprint density at radius 3 is 2.26 bits per heavy atom. The van der Waals surface area contributed by atoms with Gasteiger partial charge in [0, 0.05) is 18.2 Å². The van der Waals surface area contributed by atoms with Gasteiger partial charge in [-0.1, -0.05) is 13.8 Å². The van der Waals surface area contributed by atoms with Gasteiger partial charge in [-0.3, -0.25) is 0 Å². The van der Waals surface area contributed by atoms with Crippen molar-refractivity contribution in [3.05, 3.63) is 18.3 Å². The highest BCUT2D eigenvalue weighted by molar-refractivity contribution is 7.89. The summed E-state index contributed by atoms with van der Waals surface area (Å²) in [6.07, 6.45) is -2.55. The van der Waals surface area contributed by atoms with Gasteiger partial charge in [0.1, 0.15) is 4.90 Å². The Morgan fingerprint density at radius 1 is 1.26 bits per heavy atom. The quantitative estimate of drug-likeness (QED) is 0.742. The molecule has 0 aromatic carbocycles. The summed E-state index contributed by atoms with van der Waals surface area (Å²) in [5.41, 5.74) is 4.88. The minimum atomic E-state index is -4.49. The van der Waals surface area contributed by atoms with E-state index in [4.69, 9.17) is 5.73 Å². The van der Waals surface area contributed by atoms with Gasteiger partial charge < -0.3 is 10.5 Å². The fourth-order valence-electron chi connectivity index (χ4n) is 1.84. The van der Waals surface area contributed by atoms with E-state index in [9.17, 15) is 21.6 Å². The summed E-state index contributed by atoms with van der Waals surface area (Å²) < 4.78 is 67.7. The van der Waals surface area contributed by atoms with Crippen LogP contribution < -0.4 is 15.2 Å². The molecule has 0 amide bonds. The Morgan fingerprint density at radius 2 is 1.87 bits per heavy atom. The number of nitrogens with one attached hydrogen (secondary N) is 1. The van der Waals surface area contributed by atoms with E-state index in [0.29, 0.717) is 12.8 Å². The van der Waals surface area contributed by atoms with Crippen molar-refractivity contribution in [1.29, 1.82) is 0 Å². The number of hydrogen-bond acceptors (Lipinski definition) is 5. The molecular formula is C13H20F3N3O3S. The number of rotatable bonds is 8. The maximum absolute atomic E-state index is 12.3. The molecule has 0 atom stereocenters. The van der Waals surface area contributed by atoms with Gasteiger partial charge >= 0.3 is 6.18 Å². The Kier molecular flexibility index (Phi) is 6.37. The van der Waals surface area contributed by atoms with Crippen molar-refractivity contribution in [2.75, 3.05) is 13.2 Å². The molecule has 0 aliphatic rings. The molecule has 1 aromatic rings. The molecular weight excluding hydrogens is 335 g/mol. The topological polar surface area (TPSA) is 94.3 Å². The Hall–Kier alpha value is -1.39. The number of hydrogen-bond donors (Lipinski definition) is 2. The molecule has 0 saturated carbocycles. The molecule has 0 fully saturated rings. The summed E-state index contributed by atoms with van der Waals surface area (Å²) >= 11 is 0. The van der Waals surface area contributed by atoms with Crippen LogP contribution in [0.1, 0.15) is 26.7 Å². The second-order valence-electron chi connectivity index (χ2n) is 5.03. The molecule has 0 radical (unpaired) electrons. The van der Waals surface area contributed by atoms with E-state index in [1.54, 1.807) is 0 Å². The molecule has 0 bridgehead atoms. The van der Waals surface area contributed by atoms with Crippen molar-refractivity contribution in [2.24, 2.45) is 5.73 Å². The minimum Gasteiger partial charge on any atom is -0.468 e. The molecule has 3 N–H and O–H groups in total. The smallest absolute Gasteiger partial charge is 0.422 e. The highest BCUT2D eigenvalue weighted by atomic mass is 32.2. The Balaban J connectivity index is 2.89. The maximum Gasteiger partial charge on any atom is 0.422 e. The van der Waals surface area contributed by atoms with Gasteiger partial charge in [-0.25, -0.2) is 18.1 Å². The summed E-state index contributed by atoms with van der Waals surface area (Å²) in [6.45, 7) is 2.25. The number of pyridine rings is 1. The molecule has 0 unspecified atom stereocenters. The summed E-state index contributed by atoms with van der Waals surface area (Å²) in [5.74, 6) is -0.308. The first-order valence-electron chi connectivity index (χ1n) is 6.97. The number of ether oxygens (including phenoxy) is 1. The van der Waals surface area contributed by atoms with Gasteiger partial charge in [0.15, 0.2) is 6.61 Å². The van der Waals surface area contributed by atoms with Crippen molar-refractivity contribution in [2.45, 2.75) is 43.3 Å². The van der Waals surface area contributed by atoms with Gasteiger partial charge in [0.25, 0.3) is 0 Å². The lowest BCUT2D eigenvalue weighted by Crippen LogP contribution is -2.52. The highest BCUT2D eigenvalue weighted by Gasteiger charge is 2.31. The lowest BCUT2D eigenvalue weighted by Gasteiger charge is -2.30. The number of halogens is 3. The van der Waals surface area contributed by atoms with E-state index >= 15 is 0 Å². The zero-order valence-electron chi connectivity index (χ0n) is 12.9. The van der Waals surface area contributed by atoms with Crippen LogP contribution >= 0.6 is 0 Å². The minimum absolute atomic E-state index is 0.124. The zero-order chi connectivity index (χ0) is 17.7. The first-order chi connectivity index (χ1) is 10.6. The molecule has 1 heterocycles. The van der Waals surface area contributed by atoms with Crippen LogP contribution in [0.25, 0.3) is 0 Å². The van der Waals surface area contributed by atoms with Crippen LogP contribution in [0.3, 0.4) is 0 Å². The third kappa shape index (κ3) is 5.63. The molecule has 0 aliphatic carbocycles. The van der Waals surface area contributed by atoms with Crippen molar-refractivity contribution in [1.82, 2.24) is 9.71 Å². The normalized spacial score (nSPS) is 13.1. The summed E-state index contributed by atoms with van der Waals surface area (Å²) in [6, 6.07) is 2.20. The first-order valence-corrected chi connectivity index (χ1v) is 8.45. The van der Waals surface area contributed by atoms with Gasteiger partial charge in [-0.05, 0) is 18.9 Å².